The average Bonchev–Trinajstić information content (AvgIpc) is 2.85. The maximum Gasteiger partial charge on any atom is 0.269 e. The highest BCUT2D eigenvalue weighted by Gasteiger charge is 2.22. The van der Waals surface area contributed by atoms with Gasteiger partial charge in [-0.05, 0) is 25.0 Å². The first-order chi connectivity index (χ1) is 8.66. The Morgan fingerprint density at radius 3 is 3.00 bits per heavy atom. The molecule has 18 heavy (non-hydrogen) atoms. The number of ether oxygens (including phenoxy) is 1. The fourth-order valence-corrected chi connectivity index (χ4v) is 2.09. The van der Waals surface area contributed by atoms with Crippen LogP contribution < -0.4 is 5.43 Å². The van der Waals surface area contributed by atoms with Crippen LogP contribution in [-0.2, 0) is 9.53 Å². The van der Waals surface area contributed by atoms with Crippen LogP contribution in [-0.4, -0.2) is 24.8 Å². The average molecular weight is 287 g/mol. The third-order valence-electron chi connectivity index (χ3n) is 2.56. The first-order valence-electron chi connectivity index (χ1n) is 5.56. The highest BCUT2D eigenvalue weighted by atomic mass is 35.5. The van der Waals surface area contributed by atoms with Crippen LogP contribution in [0.3, 0.4) is 0 Å². The zero-order chi connectivity index (χ0) is 13.0. The molecule has 1 heterocycles. The third-order valence-corrected chi connectivity index (χ3v) is 3.13. The second-order valence-electron chi connectivity index (χ2n) is 3.90. The van der Waals surface area contributed by atoms with Crippen LogP contribution in [0.2, 0.25) is 10.0 Å². The molecule has 96 valence electrons. The van der Waals surface area contributed by atoms with Gasteiger partial charge < -0.3 is 4.74 Å². The van der Waals surface area contributed by atoms with Crippen LogP contribution >= 0.6 is 23.2 Å². The number of hydrogen-bond donors (Lipinski definition) is 1. The van der Waals surface area contributed by atoms with E-state index in [1.54, 1.807) is 18.2 Å². The van der Waals surface area contributed by atoms with Gasteiger partial charge in [0, 0.05) is 17.2 Å². The van der Waals surface area contributed by atoms with E-state index in [2.05, 4.69) is 10.5 Å². The number of carbonyl (C=O) groups excluding carboxylic acids is 1. The summed E-state index contributed by atoms with van der Waals surface area (Å²) in [5.41, 5.74) is 3.12. The lowest BCUT2D eigenvalue weighted by Crippen LogP contribution is -2.30. The molecular formula is C12H12Cl2N2O2. The topological polar surface area (TPSA) is 50.7 Å². The molecule has 0 aliphatic carbocycles. The van der Waals surface area contributed by atoms with Gasteiger partial charge >= 0.3 is 0 Å². The van der Waals surface area contributed by atoms with Gasteiger partial charge in [0.1, 0.15) is 6.10 Å². The summed E-state index contributed by atoms with van der Waals surface area (Å²) in [5.74, 6) is -0.228. The number of rotatable bonds is 3. The Balaban J connectivity index is 1.92. The summed E-state index contributed by atoms with van der Waals surface area (Å²) in [6.07, 6.45) is 2.74. The molecular weight excluding hydrogens is 275 g/mol. The predicted molar refractivity (Wildman–Crippen MR) is 71.2 cm³/mol. The fourth-order valence-electron chi connectivity index (χ4n) is 1.63. The quantitative estimate of drug-likeness (QED) is 0.686. The Morgan fingerprint density at radius 1 is 1.50 bits per heavy atom. The first kappa shape index (κ1) is 13.3. The van der Waals surface area contributed by atoms with Crippen molar-refractivity contribution in [2.24, 2.45) is 5.10 Å². The van der Waals surface area contributed by atoms with Gasteiger partial charge in [-0.2, -0.15) is 5.10 Å². The van der Waals surface area contributed by atoms with Gasteiger partial charge in [0.05, 0.1) is 11.2 Å². The van der Waals surface area contributed by atoms with Crippen LogP contribution in [0, 0.1) is 0 Å². The monoisotopic (exact) mass is 286 g/mol. The SMILES string of the molecule is O=C(N/N=C/c1ccc(Cl)cc1Cl)C1CCCO1. The zero-order valence-corrected chi connectivity index (χ0v) is 11.0. The molecule has 1 aromatic carbocycles. The summed E-state index contributed by atoms with van der Waals surface area (Å²) in [4.78, 5) is 11.6. The normalized spacial score (nSPS) is 19.3. The van der Waals surface area contributed by atoms with Crippen molar-refractivity contribution in [1.29, 1.82) is 0 Å². The van der Waals surface area contributed by atoms with Crippen molar-refractivity contribution in [3.05, 3.63) is 33.8 Å². The molecule has 1 amide bonds. The minimum atomic E-state index is -0.386. The summed E-state index contributed by atoms with van der Waals surface area (Å²) in [5, 5.41) is 4.88. The van der Waals surface area contributed by atoms with E-state index in [9.17, 15) is 4.79 Å². The first-order valence-corrected chi connectivity index (χ1v) is 6.32. The lowest BCUT2D eigenvalue weighted by molar-refractivity contribution is -0.130. The van der Waals surface area contributed by atoms with Gasteiger partial charge in [-0.1, -0.05) is 29.3 Å². The van der Waals surface area contributed by atoms with E-state index in [0.717, 1.165) is 12.8 Å². The molecule has 2 rings (SSSR count). The molecule has 0 aromatic heterocycles. The molecule has 1 aliphatic rings. The molecule has 1 aromatic rings. The maximum atomic E-state index is 11.6. The molecule has 1 atom stereocenters. The second-order valence-corrected chi connectivity index (χ2v) is 4.75. The van der Waals surface area contributed by atoms with E-state index in [1.165, 1.54) is 6.21 Å². The number of hydrazone groups is 1. The Bertz CT molecular complexity index is 471. The number of hydrogen-bond acceptors (Lipinski definition) is 3. The molecule has 6 heteroatoms. The fraction of sp³-hybridized carbons (Fsp3) is 0.333. The van der Waals surface area contributed by atoms with E-state index >= 15 is 0 Å². The van der Waals surface area contributed by atoms with Gasteiger partial charge in [-0.15, -0.1) is 0 Å². The molecule has 1 saturated heterocycles. The standard InChI is InChI=1S/C12H12Cl2N2O2/c13-9-4-3-8(10(14)6-9)7-15-16-12(17)11-2-1-5-18-11/h3-4,6-7,11H,1-2,5H2,(H,16,17)/b15-7+. The van der Waals surface area contributed by atoms with Crippen molar-refractivity contribution in [2.75, 3.05) is 6.61 Å². The van der Waals surface area contributed by atoms with Crippen molar-refractivity contribution in [2.45, 2.75) is 18.9 Å². The van der Waals surface area contributed by atoms with Crippen molar-refractivity contribution in [1.82, 2.24) is 5.43 Å². The van der Waals surface area contributed by atoms with Gasteiger partial charge in [0.25, 0.3) is 5.91 Å². The van der Waals surface area contributed by atoms with Crippen LogP contribution in [0.5, 0.6) is 0 Å². The molecule has 0 bridgehead atoms. The van der Waals surface area contributed by atoms with Crippen molar-refractivity contribution in [3.63, 3.8) is 0 Å². The molecule has 0 radical (unpaired) electrons. The number of carbonyl (C=O) groups is 1. The van der Waals surface area contributed by atoms with Gasteiger partial charge in [0.15, 0.2) is 0 Å². The van der Waals surface area contributed by atoms with E-state index < -0.39 is 0 Å². The minimum Gasteiger partial charge on any atom is -0.368 e. The molecule has 1 fully saturated rings. The van der Waals surface area contributed by atoms with Crippen LogP contribution in [0.25, 0.3) is 0 Å². The molecule has 0 saturated carbocycles. The lowest BCUT2D eigenvalue weighted by atomic mass is 10.2. The van der Waals surface area contributed by atoms with Crippen molar-refractivity contribution < 1.29 is 9.53 Å². The zero-order valence-electron chi connectivity index (χ0n) is 9.53. The molecule has 1 N–H and O–H groups in total. The van der Waals surface area contributed by atoms with Gasteiger partial charge in [0.2, 0.25) is 0 Å². The number of nitrogens with zero attached hydrogens (tertiary/aromatic N) is 1. The van der Waals surface area contributed by atoms with E-state index in [-0.39, 0.29) is 12.0 Å². The minimum absolute atomic E-state index is 0.228. The summed E-state index contributed by atoms with van der Waals surface area (Å²) < 4.78 is 5.23. The summed E-state index contributed by atoms with van der Waals surface area (Å²) >= 11 is 11.7. The van der Waals surface area contributed by atoms with E-state index in [4.69, 9.17) is 27.9 Å². The Kier molecular flexibility index (Phi) is 4.58. The Hall–Kier alpha value is -1.10. The number of halogens is 2. The second kappa shape index (κ2) is 6.18. The highest BCUT2D eigenvalue weighted by molar-refractivity contribution is 6.36. The van der Waals surface area contributed by atoms with Gasteiger partial charge in [-0.25, -0.2) is 5.43 Å². The lowest BCUT2D eigenvalue weighted by Gasteiger charge is -2.06. The Morgan fingerprint density at radius 2 is 2.33 bits per heavy atom. The highest BCUT2D eigenvalue weighted by Crippen LogP contribution is 2.19. The summed E-state index contributed by atoms with van der Waals surface area (Å²) in [7, 11) is 0. The van der Waals surface area contributed by atoms with Crippen LogP contribution in [0.15, 0.2) is 23.3 Å². The molecule has 1 aliphatic heterocycles. The van der Waals surface area contributed by atoms with Crippen molar-refractivity contribution in [3.8, 4) is 0 Å². The molecule has 1 unspecified atom stereocenters. The molecule has 0 spiro atoms. The Labute approximate surface area is 115 Å². The summed E-state index contributed by atoms with van der Waals surface area (Å²) in [6, 6.07) is 5.05. The number of amides is 1. The van der Waals surface area contributed by atoms with E-state index in [1.807, 2.05) is 0 Å². The van der Waals surface area contributed by atoms with Crippen molar-refractivity contribution >= 4 is 35.3 Å². The number of nitrogens with one attached hydrogen (secondary N) is 1. The van der Waals surface area contributed by atoms with E-state index in [0.29, 0.717) is 22.2 Å². The summed E-state index contributed by atoms with van der Waals surface area (Å²) in [6.45, 7) is 0.630. The largest absolute Gasteiger partial charge is 0.368 e. The molecule has 4 nitrogen and oxygen atoms in total. The van der Waals surface area contributed by atoms with Crippen LogP contribution in [0.4, 0.5) is 0 Å². The van der Waals surface area contributed by atoms with Crippen LogP contribution in [0.1, 0.15) is 18.4 Å². The third kappa shape index (κ3) is 3.45. The van der Waals surface area contributed by atoms with Gasteiger partial charge in [-0.3, -0.25) is 4.79 Å². The number of benzene rings is 1. The predicted octanol–water partition coefficient (Wildman–Crippen LogP) is 2.62. The maximum absolute atomic E-state index is 11.6. The smallest absolute Gasteiger partial charge is 0.269 e.